The molecule has 0 aromatic rings. The summed E-state index contributed by atoms with van der Waals surface area (Å²) >= 11 is 0. The van der Waals surface area contributed by atoms with Crippen molar-refractivity contribution in [3.8, 4) is 0 Å². The Hall–Kier alpha value is -0.610. The van der Waals surface area contributed by atoms with Gasteiger partial charge in [0, 0.05) is 0 Å². The van der Waals surface area contributed by atoms with Gasteiger partial charge in [-0.1, -0.05) is 0 Å². The molecule has 1 aliphatic heterocycles. The molecule has 0 saturated carbocycles. The Morgan fingerprint density at radius 3 is 2.91 bits per heavy atom. The van der Waals surface area contributed by atoms with E-state index in [2.05, 4.69) is 5.32 Å². The highest BCUT2D eigenvalue weighted by atomic mass is 16.5. The predicted molar refractivity (Wildman–Crippen MR) is 42.7 cm³/mol. The number of ether oxygens (including phenoxy) is 1. The Labute approximate surface area is 66.9 Å². The summed E-state index contributed by atoms with van der Waals surface area (Å²) in [6.45, 7) is 3.26. The molecular formula is C7H16N2O2. The molecule has 0 amide bonds. The summed E-state index contributed by atoms with van der Waals surface area (Å²) in [5.41, 5.74) is 0. The zero-order valence-electron chi connectivity index (χ0n) is 6.93. The molecule has 1 atom stereocenters. The predicted octanol–water partition coefficient (Wildman–Crippen LogP) is 0.464. The fraction of sp³-hybridized carbons (Fsp3) is 0.857. The van der Waals surface area contributed by atoms with Crippen molar-refractivity contribution < 1.29 is 9.53 Å². The quantitative estimate of drug-likeness (QED) is 0.576. The van der Waals surface area contributed by atoms with E-state index in [9.17, 15) is 4.79 Å². The number of carbonyl (C=O) groups is 1. The van der Waals surface area contributed by atoms with E-state index in [4.69, 9.17) is 4.74 Å². The minimum Gasteiger partial charge on any atom is -0.465 e. The van der Waals surface area contributed by atoms with Gasteiger partial charge < -0.3 is 16.2 Å². The van der Waals surface area contributed by atoms with Gasteiger partial charge in [-0.2, -0.15) is 0 Å². The van der Waals surface area contributed by atoms with Crippen LogP contribution in [-0.4, -0.2) is 25.2 Å². The summed E-state index contributed by atoms with van der Waals surface area (Å²) in [6.07, 6.45) is 2.02. The zero-order chi connectivity index (χ0) is 7.40. The Morgan fingerprint density at radius 2 is 2.45 bits per heavy atom. The number of nitrogens with one attached hydrogen (secondary N) is 1. The zero-order valence-corrected chi connectivity index (χ0v) is 6.93. The Balaban J connectivity index is 0.000001000. The minimum absolute atomic E-state index is 0. The molecule has 1 aliphatic rings. The number of rotatable bonds is 2. The molecule has 0 aliphatic carbocycles. The molecular weight excluding hydrogens is 144 g/mol. The first-order chi connectivity index (χ1) is 4.84. The Kier molecular flexibility index (Phi) is 4.81. The molecule has 1 saturated heterocycles. The van der Waals surface area contributed by atoms with E-state index in [1.54, 1.807) is 0 Å². The van der Waals surface area contributed by atoms with Crippen molar-refractivity contribution in [2.75, 3.05) is 13.2 Å². The van der Waals surface area contributed by atoms with Crippen LogP contribution in [0.4, 0.5) is 0 Å². The van der Waals surface area contributed by atoms with E-state index in [0.29, 0.717) is 6.61 Å². The average molecular weight is 160 g/mol. The van der Waals surface area contributed by atoms with Crippen molar-refractivity contribution in [1.29, 1.82) is 0 Å². The molecule has 11 heavy (non-hydrogen) atoms. The highest BCUT2D eigenvalue weighted by molar-refractivity contribution is 5.76. The van der Waals surface area contributed by atoms with Gasteiger partial charge in [0.1, 0.15) is 6.04 Å². The van der Waals surface area contributed by atoms with Crippen molar-refractivity contribution >= 4 is 5.97 Å². The third kappa shape index (κ3) is 2.86. The Morgan fingerprint density at radius 1 is 1.73 bits per heavy atom. The van der Waals surface area contributed by atoms with Gasteiger partial charge in [-0.15, -0.1) is 0 Å². The molecule has 1 rings (SSSR count). The van der Waals surface area contributed by atoms with Crippen LogP contribution in [0.25, 0.3) is 0 Å². The van der Waals surface area contributed by atoms with E-state index in [1.165, 1.54) is 0 Å². The molecule has 0 aromatic carbocycles. The lowest BCUT2D eigenvalue weighted by Gasteiger charge is -2.07. The summed E-state index contributed by atoms with van der Waals surface area (Å²) < 4.78 is 4.82. The van der Waals surface area contributed by atoms with E-state index < -0.39 is 0 Å². The van der Waals surface area contributed by atoms with Gasteiger partial charge in [-0.3, -0.25) is 4.79 Å². The lowest BCUT2D eigenvalue weighted by molar-refractivity contribution is -0.145. The van der Waals surface area contributed by atoms with Crippen LogP contribution in [0.5, 0.6) is 0 Å². The fourth-order valence-electron chi connectivity index (χ4n) is 1.13. The van der Waals surface area contributed by atoms with Gasteiger partial charge >= 0.3 is 5.97 Å². The third-order valence-electron chi connectivity index (χ3n) is 1.63. The van der Waals surface area contributed by atoms with E-state index in [1.807, 2.05) is 6.92 Å². The van der Waals surface area contributed by atoms with Crippen LogP contribution in [0.15, 0.2) is 0 Å². The maximum atomic E-state index is 11.0. The molecule has 0 aromatic heterocycles. The molecule has 1 fully saturated rings. The highest BCUT2D eigenvalue weighted by Crippen LogP contribution is 2.05. The van der Waals surface area contributed by atoms with Gasteiger partial charge in [0.25, 0.3) is 0 Å². The van der Waals surface area contributed by atoms with E-state index in [-0.39, 0.29) is 18.2 Å². The second-order valence-corrected chi connectivity index (χ2v) is 2.40. The standard InChI is InChI=1S/C7H13NO2.H3N/c1-2-10-7(9)6-4-3-5-8-6;/h6,8H,2-5H2,1H3;1H3/t6-;/m1./s1. The van der Waals surface area contributed by atoms with Crippen LogP contribution >= 0.6 is 0 Å². The van der Waals surface area contributed by atoms with Crippen LogP contribution in [0, 0.1) is 0 Å². The molecule has 0 spiro atoms. The summed E-state index contributed by atoms with van der Waals surface area (Å²) in [4.78, 5) is 11.0. The number of hydrogen-bond donors (Lipinski definition) is 2. The molecule has 4 heteroatoms. The van der Waals surface area contributed by atoms with E-state index in [0.717, 1.165) is 19.4 Å². The van der Waals surface area contributed by atoms with Crippen LogP contribution in [0.1, 0.15) is 19.8 Å². The molecule has 1 heterocycles. The smallest absolute Gasteiger partial charge is 0.323 e. The van der Waals surface area contributed by atoms with Crippen molar-refractivity contribution in [1.82, 2.24) is 11.5 Å². The second-order valence-electron chi connectivity index (χ2n) is 2.40. The van der Waals surface area contributed by atoms with Crippen LogP contribution in [0.3, 0.4) is 0 Å². The maximum Gasteiger partial charge on any atom is 0.323 e. The fourth-order valence-corrected chi connectivity index (χ4v) is 1.13. The molecule has 0 radical (unpaired) electrons. The topological polar surface area (TPSA) is 73.3 Å². The largest absolute Gasteiger partial charge is 0.465 e. The van der Waals surface area contributed by atoms with Crippen LogP contribution < -0.4 is 11.5 Å². The first-order valence-corrected chi connectivity index (χ1v) is 3.74. The van der Waals surface area contributed by atoms with Gasteiger partial charge in [-0.05, 0) is 26.3 Å². The highest BCUT2D eigenvalue weighted by Gasteiger charge is 2.22. The molecule has 4 nitrogen and oxygen atoms in total. The number of carbonyl (C=O) groups excluding carboxylic acids is 1. The van der Waals surface area contributed by atoms with Crippen LogP contribution in [-0.2, 0) is 9.53 Å². The first kappa shape index (κ1) is 10.4. The lowest BCUT2D eigenvalue weighted by atomic mass is 10.2. The molecule has 0 bridgehead atoms. The van der Waals surface area contributed by atoms with Gasteiger partial charge in [0.15, 0.2) is 0 Å². The second kappa shape index (κ2) is 5.09. The SMILES string of the molecule is CCOC(=O)[C@H]1CCCN1.N. The summed E-state index contributed by atoms with van der Waals surface area (Å²) in [5, 5.41) is 3.07. The normalized spacial score (nSPS) is 22.5. The van der Waals surface area contributed by atoms with Crippen molar-refractivity contribution in [3.05, 3.63) is 0 Å². The monoisotopic (exact) mass is 160 g/mol. The summed E-state index contributed by atoms with van der Waals surface area (Å²) in [7, 11) is 0. The molecule has 4 N–H and O–H groups in total. The van der Waals surface area contributed by atoms with Gasteiger partial charge in [0.2, 0.25) is 0 Å². The first-order valence-electron chi connectivity index (χ1n) is 3.74. The van der Waals surface area contributed by atoms with Crippen LogP contribution in [0.2, 0.25) is 0 Å². The molecule has 0 unspecified atom stereocenters. The van der Waals surface area contributed by atoms with Gasteiger partial charge in [-0.25, -0.2) is 0 Å². The average Bonchev–Trinajstić information content (AvgIpc) is 2.38. The van der Waals surface area contributed by atoms with Crippen molar-refractivity contribution in [3.63, 3.8) is 0 Å². The van der Waals surface area contributed by atoms with Gasteiger partial charge in [0.05, 0.1) is 6.61 Å². The molecule has 66 valence electrons. The number of hydrogen-bond acceptors (Lipinski definition) is 4. The lowest BCUT2D eigenvalue weighted by Crippen LogP contribution is -2.32. The maximum absolute atomic E-state index is 11.0. The number of esters is 1. The van der Waals surface area contributed by atoms with Crippen molar-refractivity contribution in [2.24, 2.45) is 0 Å². The minimum atomic E-state index is -0.0972. The summed E-state index contributed by atoms with van der Waals surface area (Å²) in [5.74, 6) is -0.0972. The Bertz CT molecular complexity index is 122. The third-order valence-corrected chi connectivity index (χ3v) is 1.63. The van der Waals surface area contributed by atoms with E-state index >= 15 is 0 Å². The van der Waals surface area contributed by atoms with Crippen molar-refractivity contribution in [2.45, 2.75) is 25.8 Å². The summed E-state index contributed by atoms with van der Waals surface area (Å²) in [6, 6.07) is -0.0278.